The lowest BCUT2D eigenvalue weighted by Gasteiger charge is -2.15. The van der Waals surface area contributed by atoms with Gasteiger partial charge < -0.3 is 10.1 Å². The van der Waals surface area contributed by atoms with Gasteiger partial charge in [-0.3, -0.25) is 4.79 Å². The summed E-state index contributed by atoms with van der Waals surface area (Å²) in [6.45, 7) is 5.66. The van der Waals surface area contributed by atoms with Crippen molar-refractivity contribution in [2.45, 2.75) is 32.8 Å². The molecule has 1 aliphatic heterocycles. The molecule has 0 bridgehead atoms. The van der Waals surface area contributed by atoms with E-state index in [9.17, 15) is 4.79 Å². The van der Waals surface area contributed by atoms with Crippen LogP contribution in [0, 0.1) is 5.92 Å². The number of nitrogens with one attached hydrogen (secondary N) is 1. The molecule has 0 saturated carbocycles. The largest absolute Gasteiger partial charge is 0.368 e. The summed E-state index contributed by atoms with van der Waals surface area (Å²) in [4.78, 5) is 11.3. The minimum absolute atomic E-state index is 0.0567. The van der Waals surface area contributed by atoms with E-state index in [1.54, 1.807) is 0 Å². The second-order valence-electron chi connectivity index (χ2n) is 3.63. The molecule has 3 heteroatoms. The van der Waals surface area contributed by atoms with E-state index in [2.05, 4.69) is 19.2 Å². The van der Waals surface area contributed by atoms with Gasteiger partial charge in [0.2, 0.25) is 5.91 Å². The second kappa shape index (κ2) is 4.45. The molecule has 70 valence electrons. The van der Waals surface area contributed by atoms with Gasteiger partial charge in [-0.15, -0.1) is 0 Å². The van der Waals surface area contributed by atoms with Gasteiger partial charge in [0.25, 0.3) is 0 Å². The van der Waals surface area contributed by atoms with Crippen LogP contribution in [0.2, 0.25) is 0 Å². The highest BCUT2D eigenvalue weighted by molar-refractivity contribution is 5.80. The van der Waals surface area contributed by atoms with Crippen LogP contribution in [0.5, 0.6) is 0 Å². The summed E-state index contributed by atoms with van der Waals surface area (Å²) in [6, 6.07) is 0. The van der Waals surface area contributed by atoms with Crippen molar-refractivity contribution < 1.29 is 9.53 Å². The molecule has 0 spiro atoms. The first-order valence-corrected chi connectivity index (χ1v) is 4.59. The summed E-state index contributed by atoms with van der Waals surface area (Å²) in [6.07, 6.45) is 1.54. The SMILES string of the molecule is CC(C)CC1OCCCNC1=O. The highest BCUT2D eigenvalue weighted by atomic mass is 16.5. The molecule has 0 radical (unpaired) electrons. The molecule has 1 heterocycles. The lowest BCUT2D eigenvalue weighted by molar-refractivity contribution is -0.131. The Labute approximate surface area is 73.5 Å². The van der Waals surface area contributed by atoms with Gasteiger partial charge in [0.05, 0.1) is 0 Å². The number of carbonyl (C=O) groups excluding carboxylic acids is 1. The van der Waals surface area contributed by atoms with Crippen molar-refractivity contribution in [3.05, 3.63) is 0 Å². The number of hydrogen-bond donors (Lipinski definition) is 1. The van der Waals surface area contributed by atoms with E-state index in [0.717, 1.165) is 19.4 Å². The topological polar surface area (TPSA) is 38.3 Å². The monoisotopic (exact) mass is 171 g/mol. The highest BCUT2D eigenvalue weighted by Gasteiger charge is 2.21. The van der Waals surface area contributed by atoms with Gasteiger partial charge in [-0.05, 0) is 18.8 Å². The van der Waals surface area contributed by atoms with Crippen molar-refractivity contribution in [1.82, 2.24) is 5.32 Å². The van der Waals surface area contributed by atoms with Gasteiger partial charge in [-0.2, -0.15) is 0 Å². The average molecular weight is 171 g/mol. The summed E-state index contributed by atoms with van der Waals surface area (Å²) >= 11 is 0. The Morgan fingerprint density at radius 3 is 3.08 bits per heavy atom. The summed E-state index contributed by atoms with van der Waals surface area (Å²) in [7, 11) is 0. The molecule has 12 heavy (non-hydrogen) atoms. The minimum atomic E-state index is -0.215. The number of carbonyl (C=O) groups is 1. The maximum absolute atomic E-state index is 11.3. The van der Waals surface area contributed by atoms with Crippen molar-refractivity contribution in [1.29, 1.82) is 0 Å². The van der Waals surface area contributed by atoms with Crippen LogP contribution in [0.4, 0.5) is 0 Å². The Bertz CT molecular complexity index is 157. The van der Waals surface area contributed by atoms with Crippen LogP contribution in [-0.4, -0.2) is 25.2 Å². The maximum atomic E-state index is 11.3. The molecule has 1 fully saturated rings. The molecule has 1 aliphatic rings. The predicted molar refractivity (Wildman–Crippen MR) is 46.8 cm³/mol. The van der Waals surface area contributed by atoms with Gasteiger partial charge in [-0.1, -0.05) is 13.8 Å². The summed E-state index contributed by atoms with van der Waals surface area (Å²) in [5, 5.41) is 2.84. The summed E-state index contributed by atoms with van der Waals surface area (Å²) in [5.74, 6) is 0.569. The van der Waals surface area contributed by atoms with Crippen molar-refractivity contribution in [2.24, 2.45) is 5.92 Å². The van der Waals surface area contributed by atoms with Crippen LogP contribution in [0.15, 0.2) is 0 Å². The zero-order valence-corrected chi connectivity index (χ0v) is 7.80. The Morgan fingerprint density at radius 1 is 1.67 bits per heavy atom. The number of amides is 1. The fourth-order valence-corrected chi connectivity index (χ4v) is 1.30. The second-order valence-corrected chi connectivity index (χ2v) is 3.63. The molecule has 1 rings (SSSR count). The lowest BCUT2D eigenvalue weighted by atomic mass is 10.1. The average Bonchev–Trinajstić information content (AvgIpc) is 2.16. The minimum Gasteiger partial charge on any atom is -0.368 e. The standard InChI is InChI=1S/C9H17NO2/c1-7(2)6-8-9(11)10-4-3-5-12-8/h7-8H,3-6H2,1-2H3,(H,10,11). The molecular formula is C9H17NO2. The van der Waals surface area contributed by atoms with Crippen molar-refractivity contribution in [2.75, 3.05) is 13.2 Å². The molecule has 0 aromatic carbocycles. The first-order valence-electron chi connectivity index (χ1n) is 4.59. The van der Waals surface area contributed by atoms with Crippen LogP contribution < -0.4 is 5.32 Å². The molecule has 0 aliphatic carbocycles. The van der Waals surface area contributed by atoms with E-state index in [1.165, 1.54) is 0 Å². The Hall–Kier alpha value is -0.570. The quantitative estimate of drug-likeness (QED) is 0.671. The van der Waals surface area contributed by atoms with Crippen LogP contribution in [0.1, 0.15) is 26.7 Å². The van der Waals surface area contributed by atoms with E-state index >= 15 is 0 Å². The van der Waals surface area contributed by atoms with Crippen molar-refractivity contribution in [3.63, 3.8) is 0 Å². The van der Waals surface area contributed by atoms with Crippen molar-refractivity contribution >= 4 is 5.91 Å². The molecule has 3 nitrogen and oxygen atoms in total. The fraction of sp³-hybridized carbons (Fsp3) is 0.889. The van der Waals surface area contributed by atoms with Crippen LogP contribution in [0.25, 0.3) is 0 Å². The number of ether oxygens (including phenoxy) is 1. The van der Waals surface area contributed by atoms with Gasteiger partial charge >= 0.3 is 0 Å². The first-order chi connectivity index (χ1) is 5.70. The predicted octanol–water partition coefficient (Wildman–Crippen LogP) is 0.938. The molecule has 0 aromatic rings. The Morgan fingerprint density at radius 2 is 2.42 bits per heavy atom. The van der Waals surface area contributed by atoms with Crippen LogP contribution in [0.3, 0.4) is 0 Å². The van der Waals surface area contributed by atoms with Gasteiger partial charge in [0.15, 0.2) is 0 Å². The smallest absolute Gasteiger partial charge is 0.249 e. The van der Waals surface area contributed by atoms with E-state index < -0.39 is 0 Å². The third kappa shape index (κ3) is 2.81. The van der Waals surface area contributed by atoms with Crippen molar-refractivity contribution in [3.8, 4) is 0 Å². The molecule has 1 atom stereocenters. The zero-order valence-electron chi connectivity index (χ0n) is 7.80. The molecular weight excluding hydrogens is 154 g/mol. The van der Waals surface area contributed by atoms with E-state index in [-0.39, 0.29) is 12.0 Å². The number of hydrogen-bond acceptors (Lipinski definition) is 2. The van der Waals surface area contributed by atoms with Crippen LogP contribution >= 0.6 is 0 Å². The highest BCUT2D eigenvalue weighted by Crippen LogP contribution is 2.10. The first kappa shape index (κ1) is 9.52. The number of rotatable bonds is 2. The fourth-order valence-electron chi connectivity index (χ4n) is 1.30. The van der Waals surface area contributed by atoms with Gasteiger partial charge in [0, 0.05) is 13.2 Å². The summed E-state index contributed by atoms with van der Waals surface area (Å²) in [5.41, 5.74) is 0. The van der Waals surface area contributed by atoms with E-state index in [0.29, 0.717) is 12.5 Å². The third-order valence-electron chi connectivity index (χ3n) is 1.92. The maximum Gasteiger partial charge on any atom is 0.249 e. The summed E-state index contributed by atoms with van der Waals surface area (Å²) < 4.78 is 5.41. The lowest BCUT2D eigenvalue weighted by Crippen LogP contribution is -2.34. The molecule has 1 amide bonds. The molecule has 1 N–H and O–H groups in total. The van der Waals surface area contributed by atoms with E-state index in [1.807, 2.05) is 0 Å². The molecule has 1 saturated heterocycles. The normalized spacial score (nSPS) is 25.2. The zero-order chi connectivity index (χ0) is 8.97. The Kier molecular flexibility index (Phi) is 3.53. The third-order valence-corrected chi connectivity index (χ3v) is 1.92. The van der Waals surface area contributed by atoms with E-state index in [4.69, 9.17) is 4.74 Å². The Balaban J connectivity index is 2.42. The molecule has 1 unspecified atom stereocenters. The van der Waals surface area contributed by atoms with Gasteiger partial charge in [-0.25, -0.2) is 0 Å². The van der Waals surface area contributed by atoms with Crippen LogP contribution in [-0.2, 0) is 9.53 Å². The molecule has 0 aromatic heterocycles. The van der Waals surface area contributed by atoms with Gasteiger partial charge in [0.1, 0.15) is 6.10 Å².